The molecule has 0 aliphatic carbocycles. The molecule has 2 N–H and O–H groups in total. The summed E-state index contributed by atoms with van der Waals surface area (Å²) in [5.74, 6) is -2.27. The van der Waals surface area contributed by atoms with Crippen molar-refractivity contribution < 1.29 is 19.1 Å². The van der Waals surface area contributed by atoms with Crippen LogP contribution in [0.1, 0.15) is 26.4 Å². The maximum absolute atomic E-state index is 13.6. The number of amides is 1. The lowest BCUT2D eigenvalue weighted by Crippen LogP contribution is -2.15. The number of pyridine rings is 1. The van der Waals surface area contributed by atoms with Gasteiger partial charge in [0.15, 0.2) is 0 Å². The number of carbonyl (C=O) groups is 2. The van der Waals surface area contributed by atoms with E-state index in [9.17, 15) is 14.0 Å². The summed E-state index contributed by atoms with van der Waals surface area (Å²) in [5.41, 5.74) is 0.656. The Hall–Kier alpha value is -2.76. The molecule has 0 aliphatic rings. The Labute approximate surface area is 114 Å². The van der Waals surface area contributed by atoms with Gasteiger partial charge in [-0.3, -0.25) is 9.78 Å². The van der Waals surface area contributed by atoms with Gasteiger partial charge < -0.3 is 10.4 Å². The normalized spacial score (nSPS) is 10.1. The van der Waals surface area contributed by atoms with Crippen LogP contribution in [0, 0.1) is 12.7 Å². The first-order chi connectivity index (χ1) is 9.49. The van der Waals surface area contributed by atoms with E-state index in [0.717, 1.165) is 6.20 Å². The number of carboxylic acid groups (broad SMARTS) is 1. The van der Waals surface area contributed by atoms with Crippen molar-refractivity contribution in [3.63, 3.8) is 0 Å². The molecule has 0 aliphatic heterocycles. The zero-order valence-electron chi connectivity index (χ0n) is 10.6. The molecule has 1 aromatic heterocycles. The van der Waals surface area contributed by atoms with Gasteiger partial charge in [-0.25, -0.2) is 9.18 Å². The third-order valence-corrected chi connectivity index (χ3v) is 2.70. The number of hydrogen-bond donors (Lipinski definition) is 2. The Bertz CT molecular complexity index is 648. The Morgan fingerprint density at radius 2 is 2.00 bits per heavy atom. The minimum Gasteiger partial charge on any atom is -0.478 e. The van der Waals surface area contributed by atoms with Crippen LogP contribution >= 0.6 is 0 Å². The average molecular weight is 274 g/mol. The number of aromatic nitrogens is 1. The van der Waals surface area contributed by atoms with Crippen molar-refractivity contribution in [3.05, 3.63) is 59.2 Å². The molecular formula is C14H11FN2O3. The topological polar surface area (TPSA) is 79.3 Å². The molecule has 0 unspecified atom stereocenters. The van der Waals surface area contributed by atoms with Crippen LogP contribution in [0.2, 0.25) is 0 Å². The number of aromatic carboxylic acids is 1. The van der Waals surface area contributed by atoms with Gasteiger partial charge in [-0.1, -0.05) is 12.1 Å². The molecule has 1 amide bonds. The lowest BCUT2D eigenvalue weighted by Gasteiger charge is -2.08. The number of carboxylic acids is 1. The standard InChI is InChI=1S/C14H11FN2O3/c1-8-3-2-4-10(15)12(8)17-13(18)11-6-5-9(7-16-11)14(19)20/h2-7H,1H3,(H,17,18)(H,19,20). The number of nitrogens with one attached hydrogen (secondary N) is 1. The van der Waals surface area contributed by atoms with E-state index in [2.05, 4.69) is 10.3 Å². The molecule has 1 heterocycles. The lowest BCUT2D eigenvalue weighted by atomic mass is 10.2. The molecule has 0 spiro atoms. The molecule has 0 fully saturated rings. The van der Waals surface area contributed by atoms with Crippen LogP contribution < -0.4 is 5.32 Å². The molecular weight excluding hydrogens is 263 g/mol. The van der Waals surface area contributed by atoms with Crippen LogP contribution in [0.3, 0.4) is 0 Å². The fraction of sp³-hybridized carbons (Fsp3) is 0.0714. The Kier molecular flexibility index (Phi) is 3.74. The van der Waals surface area contributed by atoms with Gasteiger partial charge in [0.25, 0.3) is 5.91 Å². The number of aryl methyl sites for hydroxylation is 1. The van der Waals surface area contributed by atoms with Crippen molar-refractivity contribution in [1.82, 2.24) is 4.98 Å². The van der Waals surface area contributed by atoms with Crippen LogP contribution in [0.5, 0.6) is 0 Å². The fourth-order valence-corrected chi connectivity index (χ4v) is 1.62. The summed E-state index contributed by atoms with van der Waals surface area (Å²) in [6.07, 6.45) is 1.07. The van der Waals surface area contributed by atoms with Crippen molar-refractivity contribution in [1.29, 1.82) is 0 Å². The minimum atomic E-state index is -1.13. The maximum Gasteiger partial charge on any atom is 0.337 e. The summed E-state index contributed by atoms with van der Waals surface area (Å²) in [6, 6.07) is 6.98. The molecule has 0 atom stereocenters. The van der Waals surface area contributed by atoms with Crippen molar-refractivity contribution in [2.75, 3.05) is 5.32 Å². The lowest BCUT2D eigenvalue weighted by molar-refractivity contribution is 0.0696. The van der Waals surface area contributed by atoms with Gasteiger partial charge in [0.1, 0.15) is 11.5 Å². The summed E-state index contributed by atoms with van der Waals surface area (Å²) < 4.78 is 13.6. The van der Waals surface area contributed by atoms with E-state index in [0.29, 0.717) is 5.56 Å². The van der Waals surface area contributed by atoms with E-state index in [4.69, 9.17) is 5.11 Å². The van der Waals surface area contributed by atoms with E-state index in [-0.39, 0.29) is 16.9 Å². The maximum atomic E-state index is 13.6. The molecule has 0 saturated heterocycles. The number of rotatable bonds is 3. The second-order valence-corrected chi connectivity index (χ2v) is 4.12. The predicted octanol–water partition coefficient (Wildman–Crippen LogP) is 2.48. The van der Waals surface area contributed by atoms with Crippen LogP contribution in [-0.2, 0) is 0 Å². The number of carbonyl (C=O) groups excluding carboxylic acids is 1. The Morgan fingerprint density at radius 1 is 1.25 bits per heavy atom. The van der Waals surface area contributed by atoms with Gasteiger partial charge >= 0.3 is 5.97 Å². The summed E-state index contributed by atoms with van der Waals surface area (Å²) in [7, 11) is 0. The van der Waals surface area contributed by atoms with Crippen LogP contribution in [0.4, 0.5) is 10.1 Å². The average Bonchev–Trinajstić information content (AvgIpc) is 2.43. The molecule has 6 heteroatoms. The first-order valence-electron chi connectivity index (χ1n) is 5.75. The number of para-hydroxylation sites is 1. The van der Waals surface area contributed by atoms with Gasteiger partial charge in [0.05, 0.1) is 11.3 Å². The molecule has 2 rings (SSSR count). The largest absolute Gasteiger partial charge is 0.478 e. The third-order valence-electron chi connectivity index (χ3n) is 2.70. The zero-order chi connectivity index (χ0) is 14.7. The van der Waals surface area contributed by atoms with Crippen molar-refractivity contribution in [3.8, 4) is 0 Å². The van der Waals surface area contributed by atoms with Gasteiger partial charge in [-0.2, -0.15) is 0 Å². The quantitative estimate of drug-likeness (QED) is 0.901. The molecule has 0 bridgehead atoms. The van der Waals surface area contributed by atoms with Crippen LogP contribution in [0.15, 0.2) is 36.5 Å². The Morgan fingerprint density at radius 3 is 2.55 bits per heavy atom. The van der Waals surface area contributed by atoms with Crippen molar-refractivity contribution >= 4 is 17.6 Å². The van der Waals surface area contributed by atoms with Crippen molar-refractivity contribution in [2.24, 2.45) is 0 Å². The summed E-state index contributed by atoms with van der Waals surface area (Å²) in [4.78, 5) is 26.3. The molecule has 20 heavy (non-hydrogen) atoms. The molecule has 0 radical (unpaired) electrons. The molecule has 5 nitrogen and oxygen atoms in total. The molecule has 0 saturated carbocycles. The second kappa shape index (κ2) is 5.48. The number of anilines is 1. The van der Waals surface area contributed by atoms with Crippen LogP contribution in [-0.4, -0.2) is 22.0 Å². The third kappa shape index (κ3) is 2.80. The van der Waals surface area contributed by atoms with Crippen molar-refractivity contribution in [2.45, 2.75) is 6.92 Å². The SMILES string of the molecule is Cc1cccc(F)c1NC(=O)c1ccc(C(=O)O)cn1. The van der Waals surface area contributed by atoms with E-state index in [1.54, 1.807) is 19.1 Å². The summed E-state index contributed by atoms with van der Waals surface area (Å²) in [5, 5.41) is 11.2. The summed E-state index contributed by atoms with van der Waals surface area (Å²) >= 11 is 0. The monoisotopic (exact) mass is 274 g/mol. The van der Waals surface area contributed by atoms with E-state index in [1.165, 1.54) is 18.2 Å². The highest BCUT2D eigenvalue weighted by Crippen LogP contribution is 2.19. The number of hydrogen-bond acceptors (Lipinski definition) is 3. The molecule has 102 valence electrons. The summed E-state index contributed by atoms with van der Waals surface area (Å²) in [6.45, 7) is 1.67. The highest BCUT2D eigenvalue weighted by Gasteiger charge is 2.13. The number of benzene rings is 1. The van der Waals surface area contributed by atoms with E-state index >= 15 is 0 Å². The van der Waals surface area contributed by atoms with Gasteiger partial charge in [-0.15, -0.1) is 0 Å². The highest BCUT2D eigenvalue weighted by atomic mass is 19.1. The predicted molar refractivity (Wildman–Crippen MR) is 70.3 cm³/mol. The molecule has 2 aromatic rings. The fourth-order valence-electron chi connectivity index (χ4n) is 1.62. The van der Waals surface area contributed by atoms with E-state index in [1.807, 2.05) is 0 Å². The Balaban J connectivity index is 2.22. The van der Waals surface area contributed by atoms with E-state index < -0.39 is 17.7 Å². The smallest absolute Gasteiger partial charge is 0.337 e. The number of halogens is 1. The van der Waals surface area contributed by atoms with Gasteiger partial charge in [0.2, 0.25) is 0 Å². The first kappa shape index (κ1) is 13.7. The second-order valence-electron chi connectivity index (χ2n) is 4.12. The van der Waals surface area contributed by atoms with Gasteiger partial charge in [-0.05, 0) is 30.7 Å². The first-order valence-corrected chi connectivity index (χ1v) is 5.75. The minimum absolute atomic E-state index is 0.0117. The van der Waals surface area contributed by atoms with Gasteiger partial charge in [0, 0.05) is 6.20 Å². The number of nitrogens with zero attached hydrogens (tertiary/aromatic N) is 1. The van der Waals surface area contributed by atoms with Crippen LogP contribution in [0.25, 0.3) is 0 Å². The molecule has 1 aromatic carbocycles. The highest BCUT2D eigenvalue weighted by molar-refractivity contribution is 6.03. The zero-order valence-corrected chi connectivity index (χ0v) is 10.6.